The Bertz CT molecular complexity index is 426. The van der Waals surface area contributed by atoms with Crippen molar-refractivity contribution in [3.05, 3.63) is 16.3 Å². The lowest BCUT2D eigenvalue weighted by molar-refractivity contribution is 0.459. The predicted molar refractivity (Wildman–Crippen MR) is 66.9 cm³/mol. The highest BCUT2D eigenvalue weighted by Gasteiger charge is 2.23. The zero-order valence-electron chi connectivity index (χ0n) is 9.64. The van der Waals surface area contributed by atoms with Gasteiger partial charge in [-0.15, -0.1) is 11.3 Å². The Balaban J connectivity index is 2.93. The third-order valence-electron chi connectivity index (χ3n) is 2.40. The Labute approximate surface area is 101 Å². The van der Waals surface area contributed by atoms with E-state index in [9.17, 15) is 8.42 Å². The zero-order valence-corrected chi connectivity index (χ0v) is 11.3. The SMILES string of the molecule is CCCCN(C)S(=O)(=O)c1ccsc1CN. The monoisotopic (exact) mass is 262 g/mol. The van der Waals surface area contributed by atoms with Gasteiger partial charge in [-0.05, 0) is 17.9 Å². The Morgan fingerprint density at radius 1 is 1.50 bits per heavy atom. The van der Waals surface area contributed by atoms with E-state index >= 15 is 0 Å². The summed E-state index contributed by atoms with van der Waals surface area (Å²) in [6, 6.07) is 1.63. The second-order valence-electron chi connectivity index (χ2n) is 3.59. The van der Waals surface area contributed by atoms with E-state index in [0.29, 0.717) is 11.4 Å². The molecule has 0 bridgehead atoms. The molecule has 0 unspecified atom stereocenters. The van der Waals surface area contributed by atoms with E-state index in [2.05, 4.69) is 0 Å². The van der Waals surface area contributed by atoms with Gasteiger partial charge < -0.3 is 5.73 Å². The van der Waals surface area contributed by atoms with E-state index in [1.807, 2.05) is 6.92 Å². The molecule has 0 aliphatic carbocycles. The van der Waals surface area contributed by atoms with Gasteiger partial charge in [0.15, 0.2) is 0 Å². The molecule has 2 N–H and O–H groups in total. The third-order valence-corrected chi connectivity index (χ3v) is 5.42. The van der Waals surface area contributed by atoms with E-state index in [4.69, 9.17) is 5.73 Å². The van der Waals surface area contributed by atoms with Gasteiger partial charge in [-0.25, -0.2) is 12.7 Å². The largest absolute Gasteiger partial charge is 0.326 e. The number of thiophene rings is 1. The van der Waals surface area contributed by atoms with Gasteiger partial charge in [0.2, 0.25) is 10.0 Å². The molecule has 4 nitrogen and oxygen atoms in total. The van der Waals surface area contributed by atoms with E-state index < -0.39 is 10.0 Å². The van der Waals surface area contributed by atoms with Crippen molar-refractivity contribution in [3.63, 3.8) is 0 Å². The van der Waals surface area contributed by atoms with Crippen LogP contribution in [-0.4, -0.2) is 26.3 Å². The van der Waals surface area contributed by atoms with Crippen LogP contribution in [0.4, 0.5) is 0 Å². The Hall–Kier alpha value is -0.430. The molecule has 0 fully saturated rings. The summed E-state index contributed by atoms with van der Waals surface area (Å²) >= 11 is 1.39. The Morgan fingerprint density at radius 3 is 2.75 bits per heavy atom. The van der Waals surface area contributed by atoms with Crippen LogP contribution in [0.2, 0.25) is 0 Å². The van der Waals surface area contributed by atoms with Crippen LogP contribution in [0, 0.1) is 0 Å². The number of hydrogen-bond donors (Lipinski definition) is 1. The molecule has 92 valence electrons. The lowest BCUT2D eigenvalue weighted by Crippen LogP contribution is -2.28. The van der Waals surface area contributed by atoms with Crippen LogP contribution in [0.3, 0.4) is 0 Å². The first-order valence-corrected chi connectivity index (χ1v) is 7.58. The number of hydrogen-bond acceptors (Lipinski definition) is 4. The summed E-state index contributed by atoms with van der Waals surface area (Å²) in [6.07, 6.45) is 1.85. The van der Waals surface area contributed by atoms with Crippen molar-refractivity contribution in [2.45, 2.75) is 31.2 Å². The first-order valence-electron chi connectivity index (χ1n) is 5.26. The highest BCUT2D eigenvalue weighted by molar-refractivity contribution is 7.89. The first-order chi connectivity index (χ1) is 7.54. The van der Waals surface area contributed by atoms with Gasteiger partial charge in [0.05, 0.1) is 4.90 Å². The molecule has 1 heterocycles. The lowest BCUT2D eigenvalue weighted by Gasteiger charge is -2.16. The van der Waals surface area contributed by atoms with E-state index in [1.54, 1.807) is 18.5 Å². The molecule has 0 aliphatic heterocycles. The fourth-order valence-electron chi connectivity index (χ4n) is 1.38. The van der Waals surface area contributed by atoms with Gasteiger partial charge in [-0.3, -0.25) is 0 Å². The Morgan fingerprint density at radius 2 is 2.19 bits per heavy atom. The molecular weight excluding hydrogens is 244 g/mol. The molecule has 0 atom stereocenters. The standard InChI is InChI=1S/C10H18N2O2S2/c1-3-4-6-12(2)16(13,14)10-5-7-15-9(10)8-11/h5,7H,3-4,6,8,11H2,1-2H3. The summed E-state index contributed by atoms with van der Waals surface area (Å²) in [5, 5.41) is 1.77. The summed E-state index contributed by atoms with van der Waals surface area (Å²) in [7, 11) is -1.73. The number of nitrogens with zero attached hydrogens (tertiary/aromatic N) is 1. The normalized spacial score (nSPS) is 12.2. The van der Waals surface area contributed by atoms with Crippen LogP contribution in [0.1, 0.15) is 24.6 Å². The number of rotatable bonds is 6. The molecular formula is C10H18N2O2S2. The van der Waals surface area contributed by atoms with Gasteiger partial charge in [0.25, 0.3) is 0 Å². The van der Waals surface area contributed by atoms with Gasteiger partial charge in [-0.2, -0.15) is 0 Å². The minimum Gasteiger partial charge on any atom is -0.326 e. The lowest BCUT2D eigenvalue weighted by atomic mass is 10.3. The van der Waals surface area contributed by atoms with Crippen molar-refractivity contribution in [2.75, 3.05) is 13.6 Å². The minimum atomic E-state index is -3.35. The smallest absolute Gasteiger partial charge is 0.243 e. The highest BCUT2D eigenvalue weighted by Crippen LogP contribution is 2.24. The minimum absolute atomic E-state index is 0.272. The topological polar surface area (TPSA) is 63.4 Å². The molecule has 0 saturated carbocycles. The van der Waals surface area contributed by atoms with Crippen molar-refractivity contribution in [1.29, 1.82) is 0 Å². The van der Waals surface area contributed by atoms with Crippen LogP contribution in [0.15, 0.2) is 16.3 Å². The molecule has 0 aromatic carbocycles. The maximum absolute atomic E-state index is 12.2. The fourth-order valence-corrected chi connectivity index (χ4v) is 3.89. The second-order valence-corrected chi connectivity index (χ2v) is 6.61. The molecule has 16 heavy (non-hydrogen) atoms. The fraction of sp³-hybridized carbons (Fsp3) is 0.600. The van der Waals surface area contributed by atoms with Gasteiger partial charge in [0, 0.05) is 25.0 Å². The molecule has 0 amide bonds. The van der Waals surface area contributed by atoms with Gasteiger partial charge >= 0.3 is 0 Å². The maximum atomic E-state index is 12.2. The van der Waals surface area contributed by atoms with Gasteiger partial charge in [0.1, 0.15) is 0 Å². The zero-order chi connectivity index (χ0) is 12.2. The molecule has 0 saturated heterocycles. The van der Waals surface area contributed by atoms with Crippen molar-refractivity contribution < 1.29 is 8.42 Å². The van der Waals surface area contributed by atoms with E-state index in [-0.39, 0.29) is 6.54 Å². The van der Waals surface area contributed by atoms with Crippen LogP contribution >= 0.6 is 11.3 Å². The number of unbranched alkanes of at least 4 members (excludes halogenated alkanes) is 1. The van der Waals surface area contributed by atoms with E-state index in [1.165, 1.54) is 15.6 Å². The van der Waals surface area contributed by atoms with Crippen molar-refractivity contribution in [2.24, 2.45) is 5.73 Å². The average Bonchev–Trinajstić information content (AvgIpc) is 2.74. The number of sulfonamides is 1. The summed E-state index contributed by atoms with van der Waals surface area (Å²) in [4.78, 5) is 1.09. The first kappa shape index (κ1) is 13.6. The molecule has 0 spiro atoms. The van der Waals surface area contributed by atoms with Crippen LogP contribution in [-0.2, 0) is 16.6 Å². The molecule has 6 heteroatoms. The maximum Gasteiger partial charge on any atom is 0.243 e. The summed E-state index contributed by atoms with van der Waals surface area (Å²) < 4.78 is 25.7. The Kier molecular flexibility index (Phi) is 4.91. The second kappa shape index (κ2) is 5.77. The third kappa shape index (κ3) is 2.82. The van der Waals surface area contributed by atoms with Crippen molar-refractivity contribution in [1.82, 2.24) is 4.31 Å². The van der Waals surface area contributed by atoms with Crippen molar-refractivity contribution >= 4 is 21.4 Å². The molecule has 0 aliphatic rings. The van der Waals surface area contributed by atoms with E-state index in [0.717, 1.165) is 17.7 Å². The molecule has 1 rings (SSSR count). The van der Waals surface area contributed by atoms with Crippen LogP contribution < -0.4 is 5.73 Å². The van der Waals surface area contributed by atoms with Gasteiger partial charge in [-0.1, -0.05) is 13.3 Å². The average molecular weight is 262 g/mol. The molecule has 1 aromatic heterocycles. The van der Waals surface area contributed by atoms with Crippen molar-refractivity contribution in [3.8, 4) is 0 Å². The summed E-state index contributed by atoms with van der Waals surface area (Å²) in [6.45, 7) is 2.86. The quantitative estimate of drug-likeness (QED) is 0.847. The van der Waals surface area contributed by atoms with Crippen LogP contribution in [0.25, 0.3) is 0 Å². The predicted octanol–water partition coefficient (Wildman–Crippen LogP) is 1.63. The summed E-state index contributed by atoms with van der Waals surface area (Å²) in [5.41, 5.74) is 5.52. The number of nitrogens with two attached hydrogens (primary N) is 1. The highest BCUT2D eigenvalue weighted by atomic mass is 32.2. The molecule has 0 radical (unpaired) electrons. The van der Waals surface area contributed by atoms with Crippen LogP contribution in [0.5, 0.6) is 0 Å². The summed E-state index contributed by atoms with van der Waals surface area (Å²) in [5.74, 6) is 0. The molecule has 1 aromatic rings.